The van der Waals surface area contributed by atoms with Crippen molar-refractivity contribution in [1.29, 1.82) is 0 Å². The minimum Gasteiger partial charge on any atom is -0.377 e. The number of anilines is 1. The van der Waals surface area contributed by atoms with E-state index in [4.69, 9.17) is 5.73 Å². The Morgan fingerprint density at radius 2 is 1.93 bits per heavy atom. The highest BCUT2D eigenvalue weighted by atomic mass is 16.1. The molecule has 1 aromatic carbocycles. The van der Waals surface area contributed by atoms with Gasteiger partial charge in [0, 0.05) is 25.3 Å². The summed E-state index contributed by atoms with van der Waals surface area (Å²) in [6, 6.07) is 7.03. The molecular formula is C11H16N2O. The first-order valence-electron chi connectivity index (χ1n) is 4.60. The van der Waals surface area contributed by atoms with Crippen LogP contribution in [0.5, 0.6) is 0 Å². The van der Waals surface area contributed by atoms with E-state index >= 15 is 0 Å². The van der Waals surface area contributed by atoms with Crippen molar-refractivity contribution in [3.8, 4) is 0 Å². The molecule has 1 atom stereocenters. The Morgan fingerprint density at radius 1 is 1.36 bits per heavy atom. The van der Waals surface area contributed by atoms with Gasteiger partial charge in [0.2, 0.25) is 0 Å². The first-order chi connectivity index (χ1) is 6.54. The van der Waals surface area contributed by atoms with E-state index in [1.54, 1.807) is 13.0 Å². The van der Waals surface area contributed by atoms with Crippen LogP contribution in [0.15, 0.2) is 24.3 Å². The minimum absolute atomic E-state index is 0.0192. The maximum Gasteiger partial charge on any atom is 0.181 e. The quantitative estimate of drug-likeness (QED) is 0.734. The molecule has 0 heterocycles. The summed E-state index contributed by atoms with van der Waals surface area (Å²) in [5, 5.41) is 0. The van der Waals surface area contributed by atoms with Crippen LogP contribution in [-0.2, 0) is 0 Å². The van der Waals surface area contributed by atoms with Crippen molar-refractivity contribution < 1.29 is 4.79 Å². The normalized spacial score (nSPS) is 12.3. The maximum absolute atomic E-state index is 11.7. The molecule has 14 heavy (non-hydrogen) atoms. The van der Waals surface area contributed by atoms with Crippen LogP contribution in [-0.4, -0.2) is 25.9 Å². The molecule has 3 heteroatoms. The van der Waals surface area contributed by atoms with Crippen molar-refractivity contribution in [2.45, 2.75) is 13.0 Å². The predicted octanol–water partition coefficient (Wildman–Crippen LogP) is 1.28. The van der Waals surface area contributed by atoms with E-state index in [1.165, 1.54) is 0 Å². The van der Waals surface area contributed by atoms with Crippen LogP contribution >= 0.6 is 0 Å². The molecule has 0 aliphatic rings. The highest BCUT2D eigenvalue weighted by Crippen LogP contribution is 2.18. The molecule has 0 saturated carbocycles. The van der Waals surface area contributed by atoms with E-state index in [0.717, 1.165) is 5.69 Å². The largest absolute Gasteiger partial charge is 0.377 e. The molecule has 76 valence electrons. The molecule has 0 amide bonds. The van der Waals surface area contributed by atoms with Crippen LogP contribution in [0.25, 0.3) is 0 Å². The highest BCUT2D eigenvalue weighted by Gasteiger charge is 2.15. The summed E-state index contributed by atoms with van der Waals surface area (Å²) in [4.78, 5) is 13.6. The zero-order valence-electron chi connectivity index (χ0n) is 8.82. The van der Waals surface area contributed by atoms with Crippen LogP contribution in [0, 0.1) is 0 Å². The standard InChI is InChI=1S/C11H16N2O/c1-8(12)11(14)9-6-4-5-7-10(9)13(2)3/h4-8H,12H2,1-3H3. The van der Waals surface area contributed by atoms with Gasteiger partial charge in [-0.3, -0.25) is 4.79 Å². The molecular weight excluding hydrogens is 176 g/mol. The fraction of sp³-hybridized carbons (Fsp3) is 0.364. The molecule has 1 rings (SSSR count). The molecule has 1 unspecified atom stereocenters. The van der Waals surface area contributed by atoms with Gasteiger partial charge in [-0.15, -0.1) is 0 Å². The molecule has 0 radical (unpaired) electrons. The monoisotopic (exact) mass is 192 g/mol. The summed E-state index contributed by atoms with van der Waals surface area (Å²) in [6.45, 7) is 1.70. The summed E-state index contributed by atoms with van der Waals surface area (Å²) < 4.78 is 0. The summed E-state index contributed by atoms with van der Waals surface area (Å²) in [7, 11) is 3.82. The zero-order chi connectivity index (χ0) is 10.7. The molecule has 0 spiro atoms. The number of carbonyl (C=O) groups is 1. The van der Waals surface area contributed by atoms with Gasteiger partial charge >= 0.3 is 0 Å². The molecule has 3 nitrogen and oxygen atoms in total. The van der Waals surface area contributed by atoms with Gasteiger partial charge in [-0.25, -0.2) is 0 Å². The Balaban J connectivity index is 3.13. The average Bonchev–Trinajstić information content (AvgIpc) is 2.16. The lowest BCUT2D eigenvalue weighted by molar-refractivity contribution is 0.0968. The van der Waals surface area contributed by atoms with Gasteiger partial charge in [0.1, 0.15) is 0 Å². The zero-order valence-corrected chi connectivity index (χ0v) is 8.82. The molecule has 1 aromatic rings. The van der Waals surface area contributed by atoms with E-state index in [0.29, 0.717) is 5.56 Å². The van der Waals surface area contributed by atoms with Gasteiger partial charge in [0.25, 0.3) is 0 Å². The summed E-state index contributed by atoms with van der Waals surface area (Å²) in [6.07, 6.45) is 0. The number of nitrogens with two attached hydrogens (primary N) is 1. The number of para-hydroxylation sites is 1. The molecule has 0 aliphatic heterocycles. The second-order valence-corrected chi connectivity index (χ2v) is 3.56. The highest BCUT2D eigenvalue weighted by molar-refractivity contribution is 6.04. The Morgan fingerprint density at radius 3 is 2.43 bits per heavy atom. The number of benzene rings is 1. The smallest absolute Gasteiger partial charge is 0.181 e. The van der Waals surface area contributed by atoms with Crippen LogP contribution in [0.2, 0.25) is 0 Å². The lowest BCUT2D eigenvalue weighted by atomic mass is 10.0. The second kappa shape index (κ2) is 4.24. The lowest BCUT2D eigenvalue weighted by Gasteiger charge is -2.17. The first-order valence-corrected chi connectivity index (χ1v) is 4.60. The van der Waals surface area contributed by atoms with E-state index in [2.05, 4.69) is 0 Å². The van der Waals surface area contributed by atoms with Crippen molar-refractivity contribution in [1.82, 2.24) is 0 Å². The van der Waals surface area contributed by atoms with Gasteiger partial charge in [0.05, 0.1) is 6.04 Å². The average molecular weight is 192 g/mol. The first kappa shape index (κ1) is 10.7. The molecule has 0 aromatic heterocycles. The molecule has 2 N–H and O–H groups in total. The van der Waals surface area contributed by atoms with E-state index < -0.39 is 6.04 Å². The summed E-state index contributed by atoms with van der Waals surface area (Å²) >= 11 is 0. The number of hydrogen-bond donors (Lipinski definition) is 1. The minimum atomic E-state index is -0.448. The summed E-state index contributed by atoms with van der Waals surface area (Å²) in [5.41, 5.74) is 7.17. The van der Waals surface area contributed by atoms with E-state index in [1.807, 2.05) is 37.2 Å². The molecule has 0 fully saturated rings. The van der Waals surface area contributed by atoms with E-state index in [-0.39, 0.29) is 5.78 Å². The fourth-order valence-electron chi connectivity index (χ4n) is 1.32. The van der Waals surface area contributed by atoms with Gasteiger partial charge in [-0.2, -0.15) is 0 Å². The van der Waals surface area contributed by atoms with Gasteiger partial charge in [-0.1, -0.05) is 12.1 Å². The van der Waals surface area contributed by atoms with Crippen molar-refractivity contribution in [3.63, 3.8) is 0 Å². The molecule has 0 saturated heterocycles. The number of carbonyl (C=O) groups excluding carboxylic acids is 1. The number of hydrogen-bond acceptors (Lipinski definition) is 3. The number of nitrogens with zero attached hydrogens (tertiary/aromatic N) is 1. The summed E-state index contributed by atoms with van der Waals surface area (Å²) in [5.74, 6) is -0.0192. The van der Waals surface area contributed by atoms with Crippen LogP contribution in [0.4, 0.5) is 5.69 Å². The Kier molecular flexibility index (Phi) is 3.25. The van der Waals surface area contributed by atoms with Crippen molar-refractivity contribution in [2.75, 3.05) is 19.0 Å². The van der Waals surface area contributed by atoms with Gasteiger partial charge < -0.3 is 10.6 Å². The fourth-order valence-corrected chi connectivity index (χ4v) is 1.32. The predicted molar refractivity (Wildman–Crippen MR) is 58.7 cm³/mol. The van der Waals surface area contributed by atoms with Gasteiger partial charge in [-0.05, 0) is 19.1 Å². The third-order valence-corrected chi connectivity index (χ3v) is 2.06. The lowest BCUT2D eigenvalue weighted by Crippen LogP contribution is -2.28. The van der Waals surface area contributed by atoms with E-state index in [9.17, 15) is 4.79 Å². The third kappa shape index (κ3) is 2.12. The molecule has 0 aliphatic carbocycles. The van der Waals surface area contributed by atoms with Crippen LogP contribution in [0.1, 0.15) is 17.3 Å². The SMILES string of the molecule is CC(N)C(=O)c1ccccc1N(C)C. The van der Waals surface area contributed by atoms with Crippen molar-refractivity contribution >= 4 is 11.5 Å². The van der Waals surface area contributed by atoms with Gasteiger partial charge in [0.15, 0.2) is 5.78 Å². The number of rotatable bonds is 3. The topological polar surface area (TPSA) is 46.3 Å². The van der Waals surface area contributed by atoms with Crippen LogP contribution in [0.3, 0.4) is 0 Å². The maximum atomic E-state index is 11.7. The number of ketones is 1. The Hall–Kier alpha value is -1.35. The third-order valence-electron chi connectivity index (χ3n) is 2.06. The Labute approximate surface area is 84.5 Å². The van der Waals surface area contributed by atoms with Crippen LogP contribution < -0.4 is 10.6 Å². The molecule has 0 bridgehead atoms. The number of Topliss-reactive ketones (excluding diaryl/α,β-unsaturated/α-hetero) is 1. The van der Waals surface area contributed by atoms with Crippen molar-refractivity contribution in [2.24, 2.45) is 5.73 Å². The second-order valence-electron chi connectivity index (χ2n) is 3.56. The van der Waals surface area contributed by atoms with Crippen molar-refractivity contribution in [3.05, 3.63) is 29.8 Å². The Bertz CT molecular complexity index is 332.